The molecule has 0 N–H and O–H groups in total. The predicted octanol–water partition coefficient (Wildman–Crippen LogP) is 2.89. The standard InChI is InChI=1S/C14H11FN2OS/c15-11-3-1-10(2-4-11)7-13(18)8-12-9-17-5-6-19-14(17)16-12/h1-6,9H,7-8H2. The molecule has 0 spiro atoms. The third-order valence-electron chi connectivity index (χ3n) is 2.84. The average Bonchev–Trinajstić information content (AvgIpc) is 2.92. The van der Waals surface area contributed by atoms with E-state index >= 15 is 0 Å². The fourth-order valence-electron chi connectivity index (χ4n) is 1.96. The van der Waals surface area contributed by atoms with Gasteiger partial charge in [0.05, 0.1) is 12.1 Å². The molecule has 0 aliphatic heterocycles. The van der Waals surface area contributed by atoms with E-state index in [0.29, 0.717) is 12.8 Å². The van der Waals surface area contributed by atoms with Crippen molar-refractivity contribution >= 4 is 22.1 Å². The van der Waals surface area contributed by atoms with Gasteiger partial charge < -0.3 is 0 Å². The molecule has 3 rings (SSSR count). The Kier molecular flexibility index (Phi) is 3.13. The van der Waals surface area contributed by atoms with Crippen LogP contribution in [0, 0.1) is 5.82 Å². The van der Waals surface area contributed by atoms with Crippen LogP contribution in [0.2, 0.25) is 0 Å². The number of imidazole rings is 1. The number of carbonyl (C=O) groups is 1. The Morgan fingerprint density at radius 3 is 2.79 bits per heavy atom. The van der Waals surface area contributed by atoms with E-state index in [9.17, 15) is 9.18 Å². The Hall–Kier alpha value is -2.01. The summed E-state index contributed by atoms with van der Waals surface area (Å²) in [7, 11) is 0. The maximum Gasteiger partial charge on any atom is 0.193 e. The van der Waals surface area contributed by atoms with Crippen LogP contribution in [0.4, 0.5) is 4.39 Å². The fourth-order valence-corrected chi connectivity index (χ4v) is 2.67. The first-order valence-corrected chi connectivity index (χ1v) is 6.76. The number of thiazole rings is 1. The third kappa shape index (κ3) is 2.71. The van der Waals surface area contributed by atoms with Crippen LogP contribution >= 0.6 is 11.3 Å². The van der Waals surface area contributed by atoms with Crippen LogP contribution in [-0.2, 0) is 17.6 Å². The van der Waals surface area contributed by atoms with Crippen molar-refractivity contribution in [2.24, 2.45) is 0 Å². The highest BCUT2D eigenvalue weighted by Gasteiger charge is 2.09. The molecule has 0 saturated carbocycles. The number of hydrogen-bond donors (Lipinski definition) is 0. The molecular weight excluding hydrogens is 263 g/mol. The molecule has 5 heteroatoms. The van der Waals surface area contributed by atoms with Gasteiger partial charge in [-0.2, -0.15) is 0 Å². The van der Waals surface area contributed by atoms with Crippen LogP contribution in [0.1, 0.15) is 11.3 Å². The summed E-state index contributed by atoms with van der Waals surface area (Å²) in [5.41, 5.74) is 1.60. The number of hydrogen-bond acceptors (Lipinski definition) is 3. The maximum atomic E-state index is 12.8. The van der Waals surface area contributed by atoms with Gasteiger partial charge in [0.25, 0.3) is 0 Å². The van der Waals surface area contributed by atoms with Crippen LogP contribution in [0.25, 0.3) is 4.96 Å². The lowest BCUT2D eigenvalue weighted by atomic mass is 10.1. The topological polar surface area (TPSA) is 34.4 Å². The molecule has 3 aromatic rings. The molecule has 2 heterocycles. The largest absolute Gasteiger partial charge is 0.299 e. The van der Waals surface area contributed by atoms with Gasteiger partial charge in [-0.3, -0.25) is 9.20 Å². The number of carbonyl (C=O) groups excluding carboxylic acids is 1. The van der Waals surface area contributed by atoms with Gasteiger partial charge in [0.15, 0.2) is 4.96 Å². The minimum Gasteiger partial charge on any atom is -0.299 e. The highest BCUT2D eigenvalue weighted by molar-refractivity contribution is 7.15. The van der Waals surface area contributed by atoms with Crippen molar-refractivity contribution in [1.29, 1.82) is 0 Å². The van der Waals surface area contributed by atoms with Gasteiger partial charge in [-0.15, -0.1) is 11.3 Å². The monoisotopic (exact) mass is 274 g/mol. The Balaban J connectivity index is 1.68. The quantitative estimate of drug-likeness (QED) is 0.733. The first-order chi connectivity index (χ1) is 9.20. The number of halogens is 1. The van der Waals surface area contributed by atoms with Gasteiger partial charge >= 0.3 is 0 Å². The zero-order valence-electron chi connectivity index (χ0n) is 10.0. The average molecular weight is 274 g/mol. The Morgan fingerprint density at radius 1 is 1.26 bits per heavy atom. The van der Waals surface area contributed by atoms with Crippen molar-refractivity contribution in [1.82, 2.24) is 9.38 Å². The molecular formula is C14H11FN2OS. The summed E-state index contributed by atoms with van der Waals surface area (Å²) < 4.78 is 14.7. The van der Waals surface area contributed by atoms with E-state index < -0.39 is 0 Å². The van der Waals surface area contributed by atoms with Crippen LogP contribution in [0.15, 0.2) is 42.0 Å². The van der Waals surface area contributed by atoms with E-state index in [0.717, 1.165) is 16.2 Å². The molecule has 0 radical (unpaired) electrons. The molecule has 0 bridgehead atoms. The van der Waals surface area contributed by atoms with Crippen LogP contribution in [0.5, 0.6) is 0 Å². The van der Waals surface area contributed by atoms with Gasteiger partial charge in [-0.1, -0.05) is 12.1 Å². The van der Waals surface area contributed by atoms with E-state index in [4.69, 9.17) is 0 Å². The Bertz CT molecular complexity index is 686. The second-order valence-corrected chi connectivity index (χ2v) is 5.22. The number of Topliss-reactive ketones (excluding diaryl/α,β-unsaturated/α-hetero) is 1. The van der Waals surface area contributed by atoms with E-state index in [1.54, 1.807) is 12.1 Å². The summed E-state index contributed by atoms with van der Waals surface area (Å²) in [6, 6.07) is 6.02. The van der Waals surface area contributed by atoms with Gasteiger partial charge in [-0.25, -0.2) is 9.37 Å². The molecule has 2 aromatic heterocycles. The number of aromatic nitrogens is 2. The summed E-state index contributed by atoms with van der Waals surface area (Å²) in [5.74, 6) is -0.206. The fraction of sp³-hybridized carbons (Fsp3) is 0.143. The number of fused-ring (bicyclic) bond motifs is 1. The maximum absolute atomic E-state index is 12.8. The van der Waals surface area contributed by atoms with Crippen molar-refractivity contribution in [2.75, 3.05) is 0 Å². The highest BCUT2D eigenvalue weighted by Crippen LogP contribution is 2.12. The van der Waals surface area contributed by atoms with Gasteiger partial charge in [0.1, 0.15) is 11.6 Å². The second kappa shape index (κ2) is 4.93. The van der Waals surface area contributed by atoms with Gasteiger partial charge in [0, 0.05) is 24.2 Å². The Labute approximate surface area is 113 Å². The summed E-state index contributed by atoms with van der Waals surface area (Å²) in [6.07, 6.45) is 4.41. The Morgan fingerprint density at radius 2 is 2.05 bits per heavy atom. The normalized spacial score (nSPS) is 11.0. The summed E-state index contributed by atoms with van der Waals surface area (Å²) in [6.45, 7) is 0. The molecule has 19 heavy (non-hydrogen) atoms. The minimum atomic E-state index is -0.287. The molecule has 0 aliphatic carbocycles. The molecule has 0 amide bonds. The van der Waals surface area contributed by atoms with Crippen LogP contribution in [-0.4, -0.2) is 15.2 Å². The van der Waals surface area contributed by atoms with E-state index in [1.165, 1.54) is 23.5 Å². The van der Waals surface area contributed by atoms with E-state index in [1.807, 2.05) is 22.2 Å². The summed E-state index contributed by atoms with van der Waals surface area (Å²) in [5, 5.41) is 1.95. The summed E-state index contributed by atoms with van der Waals surface area (Å²) in [4.78, 5) is 17.2. The molecule has 0 unspecified atom stereocenters. The first-order valence-electron chi connectivity index (χ1n) is 5.88. The lowest BCUT2D eigenvalue weighted by Crippen LogP contribution is -2.06. The van der Waals surface area contributed by atoms with E-state index in [2.05, 4.69) is 4.98 Å². The second-order valence-electron chi connectivity index (χ2n) is 4.34. The lowest BCUT2D eigenvalue weighted by molar-refractivity contribution is -0.117. The molecule has 0 aliphatic rings. The molecule has 1 aromatic carbocycles. The lowest BCUT2D eigenvalue weighted by Gasteiger charge is -1.99. The smallest absolute Gasteiger partial charge is 0.193 e. The van der Waals surface area contributed by atoms with Gasteiger partial charge in [0.2, 0.25) is 0 Å². The number of rotatable bonds is 4. The molecule has 0 fully saturated rings. The van der Waals surface area contributed by atoms with Crippen molar-refractivity contribution in [3.8, 4) is 0 Å². The molecule has 3 nitrogen and oxygen atoms in total. The van der Waals surface area contributed by atoms with Crippen molar-refractivity contribution in [2.45, 2.75) is 12.8 Å². The van der Waals surface area contributed by atoms with Crippen LogP contribution < -0.4 is 0 Å². The zero-order chi connectivity index (χ0) is 13.2. The number of ketones is 1. The number of benzene rings is 1. The minimum absolute atomic E-state index is 0.0809. The molecule has 0 atom stereocenters. The third-order valence-corrected chi connectivity index (χ3v) is 3.61. The summed E-state index contributed by atoms with van der Waals surface area (Å²) >= 11 is 1.54. The van der Waals surface area contributed by atoms with Crippen molar-refractivity contribution in [3.05, 3.63) is 59.1 Å². The SMILES string of the molecule is O=C(Cc1ccc(F)cc1)Cc1cn2ccsc2n1. The molecule has 0 saturated heterocycles. The highest BCUT2D eigenvalue weighted by atomic mass is 32.1. The van der Waals surface area contributed by atoms with Gasteiger partial charge in [-0.05, 0) is 17.7 Å². The zero-order valence-corrected chi connectivity index (χ0v) is 10.9. The van der Waals surface area contributed by atoms with Crippen LogP contribution in [0.3, 0.4) is 0 Å². The van der Waals surface area contributed by atoms with E-state index in [-0.39, 0.29) is 11.6 Å². The predicted molar refractivity (Wildman–Crippen MR) is 71.9 cm³/mol. The van der Waals surface area contributed by atoms with Crippen molar-refractivity contribution in [3.63, 3.8) is 0 Å². The first kappa shape index (κ1) is 12.0. The van der Waals surface area contributed by atoms with Crippen molar-refractivity contribution < 1.29 is 9.18 Å². The number of nitrogens with zero attached hydrogens (tertiary/aromatic N) is 2. The molecule has 96 valence electrons.